The Morgan fingerprint density at radius 2 is 1.57 bits per heavy atom. The number of aromatic amines is 1. The Morgan fingerprint density at radius 1 is 0.857 bits per heavy atom. The van der Waals surface area contributed by atoms with Crippen LogP contribution >= 0.6 is 0 Å². The molecule has 0 radical (unpaired) electrons. The summed E-state index contributed by atoms with van der Waals surface area (Å²) in [5.41, 5.74) is 6.21. The van der Waals surface area contributed by atoms with Gasteiger partial charge in [0, 0.05) is 17.5 Å². The molecule has 2 aromatic heterocycles. The van der Waals surface area contributed by atoms with Gasteiger partial charge in [-0.05, 0) is 45.5 Å². The van der Waals surface area contributed by atoms with Gasteiger partial charge in [0.25, 0.3) is 0 Å². The van der Waals surface area contributed by atoms with Gasteiger partial charge < -0.3 is 0 Å². The minimum absolute atomic E-state index is 0.000145. The summed E-state index contributed by atoms with van der Waals surface area (Å²) in [4.78, 5) is 13.3. The lowest BCUT2D eigenvalue weighted by Gasteiger charge is -2.10. The van der Waals surface area contributed by atoms with Crippen LogP contribution in [0.4, 0.5) is 0 Å². The molecule has 0 fully saturated rings. The van der Waals surface area contributed by atoms with E-state index in [9.17, 15) is 4.79 Å². The fraction of sp³-hybridized carbons (Fsp3) is 0.143. The number of benzene rings is 3. The maximum atomic E-state index is 13.3. The Morgan fingerprint density at radius 3 is 2.29 bits per heavy atom. The highest BCUT2D eigenvalue weighted by molar-refractivity contribution is 5.80. The number of allylic oxidation sites excluding steroid dienone is 1. The molecular formula is C28H26N6O. The molecule has 0 saturated heterocycles. The molecule has 7 heteroatoms. The molecule has 0 spiro atoms. The quantitative estimate of drug-likeness (QED) is 0.322. The lowest BCUT2D eigenvalue weighted by molar-refractivity contribution is 0.667. The summed E-state index contributed by atoms with van der Waals surface area (Å²) in [5, 5.41) is 14.3. The molecule has 0 atom stereocenters. The molecule has 0 aliphatic rings. The number of nitrogens with one attached hydrogen (secondary N) is 1. The Balaban J connectivity index is 1.43. The second-order valence-corrected chi connectivity index (χ2v) is 8.42. The van der Waals surface area contributed by atoms with E-state index in [0.717, 1.165) is 46.4 Å². The number of aromatic nitrogens is 6. The minimum Gasteiger partial charge on any atom is -0.295 e. The highest BCUT2D eigenvalue weighted by atomic mass is 16.1. The molecule has 35 heavy (non-hydrogen) atoms. The average Bonchev–Trinajstić information content (AvgIpc) is 3.54. The van der Waals surface area contributed by atoms with Gasteiger partial charge in [-0.15, -0.1) is 11.7 Å². The van der Waals surface area contributed by atoms with Crippen molar-refractivity contribution >= 4 is 0 Å². The van der Waals surface area contributed by atoms with E-state index in [2.05, 4.69) is 57.5 Å². The van der Waals surface area contributed by atoms with Crippen LogP contribution in [0, 0.1) is 0 Å². The van der Waals surface area contributed by atoms with Gasteiger partial charge in [0.05, 0.1) is 13.1 Å². The van der Waals surface area contributed by atoms with Crippen LogP contribution in [0.25, 0.3) is 22.5 Å². The second kappa shape index (κ2) is 10.2. The molecule has 5 rings (SSSR count). The largest absolute Gasteiger partial charge is 0.328 e. The third-order valence-corrected chi connectivity index (χ3v) is 6.06. The predicted molar refractivity (Wildman–Crippen MR) is 137 cm³/mol. The summed E-state index contributed by atoms with van der Waals surface area (Å²) < 4.78 is 3.67. The first-order valence-electron chi connectivity index (χ1n) is 11.6. The molecule has 2 heterocycles. The first-order chi connectivity index (χ1) is 17.2. The molecule has 0 unspecified atom stereocenters. The van der Waals surface area contributed by atoms with Crippen molar-refractivity contribution < 1.29 is 0 Å². The lowest BCUT2D eigenvalue weighted by atomic mass is 9.98. The average molecular weight is 463 g/mol. The van der Waals surface area contributed by atoms with Gasteiger partial charge in [-0.3, -0.25) is 9.13 Å². The van der Waals surface area contributed by atoms with E-state index in [1.54, 1.807) is 4.57 Å². The summed E-state index contributed by atoms with van der Waals surface area (Å²) in [7, 11) is 0. The van der Waals surface area contributed by atoms with E-state index in [1.165, 1.54) is 0 Å². The third-order valence-electron chi connectivity index (χ3n) is 6.06. The van der Waals surface area contributed by atoms with Gasteiger partial charge in [0.15, 0.2) is 5.82 Å². The molecule has 1 N–H and O–H groups in total. The molecule has 174 valence electrons. The van der Waals surface area contributed by atoms with Gasteiger partial charge in [0.1, 0.15) is 0 Å². The van der Waals surface area contributed by atoms with Crippen LogP contribution in [0.2, 0.25) is 0 Å². The van der Waals surface area contributed by atoms with E-state index in [0.29, 0.717) is 18.9 Å². The van der Waals surface area contributed by atoms with Crippen LogP contribution < -0.4 is 5.69 Å². The summed E-state index contributed by atoms with van der Waals surface area (Å²) in [5.74, 6) is 0.628. The number of nitrogens with zero attached hydrogens (tertiary/aromatic N) is 5. The van der Waals surface area contributed by atoms with Gasteiger partial charge in [-0.1, -0.05) is 84.9 Å². The number of imidazole rings is 1. The highest BCUT2D eigenvalue weighted by Crippen LogP contribution is 2.29. The first-order valence-corrected chi connectivity index (χ1v) is 11.6. The van der Waals surface area contributed by atoms with Gasteiger partial charge in [-0.25, -0.2) is 9.89 Å². The molecule has 0 aliphatic heterocycles. The summed E-state index contributed by atoms with van der Waals surface area (Å²) in [6, 6.07) is 26.4. The molecular weight excluding hydrogens is 436 g/mol. The molecule has 7 nitrogen and oxygen atoms in total. The molecule has 0 aliphatic carbocycles. The zero-order valence-corrected chi connectivity index (χ0v) is 19.3. The van der Waals surface area contributed by atoms with Gasteiger partial charge in [0.2, 0.25) is 0 Å². The normalized spacial score (nSPS) is 11.0. The van der Waals surface area contributed by atoms with Crippen molar-refractivity contribution in [1.29, 1.82) is 0 Å². The molecule has 0 amide bonds. The lowest BCUT2D eigenvalue weighted by Crippen LogP contribution is -2.26. The zero-order chi connectivity index (χ0) is 24.0. The van der Waals surface area contributed by atoms with Gasteiger partial charge in [-0.2, -0.15) is 0 Å². The van der Waals surface area contributed by atoms with Crippen molar-refractivity contribution in [3.05, 3.63) is 125 Å². The van der Waals surface area contributed by atoms with Crippen LogP contribution in [-0.4, -0.2) is 29.8 Å². The van der Waals surface area contributed by atoms with E-state index in [4.69, 9.17) is 0 Å². The second-order valence-electron chi connectivity index (χ2n) is 8.42. The number of H-pyrrole nitrogens is 1. The molecule has 3 aromatic carbocycles. The number of hydrogen-bond donors (Lipinski definition) is 1. The standard InChI is InChI=1S/C28H26N6O/c1-2-3-11-24-20-33(18-21-9-5-4-6-10-21)28(35)34(24)19-22-14-16-23(17-15-22)25-12-7-8-13-26(25)27-29-31-32-30-27/h2,4-10,12-17,20H,1,3,11,18-19H2,(H,29,30,31,32). The Labute approximate surface area is 203 Å². The summed E-state index contributed by atoms with van der Waals surface area (Å²) >= 11 is 0. The minimum atomic E-state index is 0.000145. The smallest absolute Gasteiger partial charge is 0.295 e. The summed E-state index contributed by atoms with van der Waals surface area (Å²) in [6.45, 7) is 4.91. The maximum Gasteiger partial charge on any atom is 0.328 e. The van der Waals surface area contributed by atoms with Crippen LogP contribution in [0.15, 0.2) is 103 Å². The number of tetrazole rings is 1. The highest BCUT2D eigenvalue weighted by Gasteiger charge is 2.13. The van der Waals surface area contributed by atoms with Crippen molar-refractivity contribution in [2.75, 3.05) is 0 Å². The fourth-order valence-corrected chi connectivity index (χ4v) is 4.28. The van der Waals surface area contributed by atoms with Crippen molar-refractivity contribution in [1.82, 2.24) is 29.8 Å². The van der Waals surface area contributed by atoms with Crippen molar-refractivity contribution in [2.24, 2.45) is 0 Å². The Kier molecular flexibility index (Phi) is 6.48. The molecule has 0 bridgehead atoms. The van der Waals surface area contributed by atoms with Crippen LogP contribution in [0.1, 0.15) is 23.2 Å². The Bertz CT molecular complexity index is 1460. The van der Waals surface area contributed by atoms with E-state index < -0.39 is 0 Å². The van der Waals surface area contributed by atoms with Gasteiger partial charge >= 0.3 is 5.69 Å². The van der Waals surface area contributed by atoms with Crippen LogP contribution in [-0.2, 0) is 19.5 Å². The van der Waals surface area contributed by atoms with E-state index in [1.807, 2.05) is 65.4 Å². The van der Waals surface area contributed by atoms with Crippen LogP contribution in [0.5, 0.6) is 0 Å². The third kappa shape index (κ3) is 4.89. The number of aryl methyl sites for hydroxylation is 1. The number of rotatable bonds is 9. The monoisotopic (exact) mass is 462 g/mol. The molecule has 5 aromatic rings. The molecule has 0 saturated carbocycles. The topological polar surface area (TPSA) is 81.4 Å². The van der Waals surface area contributed by atoms with Crippen LogP contribution in [0.3, 0.4) is 0 Å². The number of hydrogen-bond acceptors (Lipinski definition) is 4. The van der Waals surface area contributed by atoms with Crippen molar-refractivity contribution in [3.8, 4) is 22.5 Å². The predicted octanol–water partition coefficient (Wildman–Crippen LogP) is 4.71. The van der Waals surface area contributed by atoms with Crippen molar-refractivity contribution in [3.63, 3.8) is 0 Å². The summed E-state index contributed by atoms with van der Waals surface area (Å²) in [6.07, 6.45) is 5.47. The SMILES string of the molecule is C=CCCc1cn(Cc2ccccc2)c(=O)n1Cc1ccc(-c2ccccc2-c2nnn[nH]2)cc1. The van der Waals surface area contributed by atoms with E-state index in [-0.39, 0.29) is 5.69 Å². The Hall–Kier alpha value is -4.52. The van der Waals surface area contributed by atoms with E-state index >= 15 is 0 Å². The first kappa shape index (κ1) is 22.3. The fourth-order valence-electron chi connectivity index (χ4n) is 4.28. The van der Waals surface area contributed by atoms with Crippen molar-refractivity contribution in [2.45, 2.75) is 25.9 Å². The zero-order valence-electron chi connectivity index (χ0n) is 19.3. The maximum absolute atomic E-state index is 13.3.